The van der Waals surface area contributed by atoms with Gasteiger partial charge in [0.05, 0.1) is 14.2 Å². The van der Waals surface area contributed by atoms with Crippen LogP contribution in [0.1, 0.15) is 15.9 Å². The number of anilines is 1. The molecule has 8 heteroatoms. The summed E-state index contributed by atoms with van der Waals surface area (Å²) in [5, 5.41) is 6.62. The van der Waals surface area contributed by atoms with Crippen LogP contribution in [0.4, 0.5) is 5.69 Å². The van der Waals surface area contributed by atoms with Crippen LogP contribution in [-0.2, 0) is 0 Å². The summed E-state index contributed by atoms with van der Waals surface area (Å²) in [5.41, 5.74) is 2.44. The maximum atomic E-state index is 13.2. The lowest BCUT2D eigenvalue weighted by Crippen LogP contribution is -2.33. The first kappa shape index (κ1) is 25.1. The zero-order chi connectivity index (χ0) is 26.6. The molecular formula is C30H28N2O6. The minimum absolute atomic E-state index is 0.0498. The van der Waals surface area contributed by atoms with Crippen molar-refractivity contribution in [2.75, 3.05) is 32.6 Å². The predicted molar refractivity (Wildman–Crippen MR) is 147 cm³/mol. The first-order valence-corrected chi connectivity index (χ1v) is 12.2. The fourth-order valence-corrected chi connectivity index (χ4v) is 4.42. The molecule has 1 amide bonds. The molecule has 1 aliphatic heterocycles. The Labute approximate surface area is 219 Å². The van der Waals surface area contributed by atoms with Crippen molar-refractivity contribution < 1.29 is 23.4 Å². The fourth-order valence-electron chi connectivity index (χ4n) is 4.42. The Morgan fingerprint density at radius 1 is 1.03 bits per heavy atom. The minimum Gasteiger partial charge on any atom is -0.497 e. The van der Waals surface area contributed by atoms with Crippen LogP contribution in [0.25, 0.3) is 22.1 Å². The van der Waals surface area contributed by atoms with Crippen LogP contribution < -0.4 is 30.5 Å². The van der Waals surface area contributed by atoms with Crippen LogP contribution in [-0.4, -0.2) is 39.3 Å². The van der Waals surface area contributed by atoms with Crippen LogP contribution in [0.2, 0.25) is 0 Å². The lowest BCUT2D eigenvalue weighted by molar-refractivity contribution is 0.102. The van der Waals surface area contributed by atoms with Gasteiger partial charge in [-0.15, -0.1) is 0 Å². The largest absolute Gasteiger partial charge is 0.497 e. The standard InChI is InChI=1S/C30H28N2O6/c1-18-26(37-23-8-5-13-31-17-23)11-9-20-16-25(30(34)38-28(18)20)32-29(33)21-10-12-27(36-3)24(15-21)19-6-4-7-22(14-19)35-2/h4-12,14-16,23,31H,13,17H2,1-3H3,(H,32,33). The van der Waals surface area contributed by atoms with E-state index in [9.17, 15) is 9.59 Å². The van der Waals surface area contributed by atoms with Gasteiger partial charge in [0.25, 0.3) is 5.91 Å². The summed E-state index contributed by atoms with van der Waals surface area (Å²) >= 11 is 0. The zero-order valence-electron chi connectivity index (χ0n) is 21.4. The molecule has 8 nitrogen and oxygen atoms in total. The molecule has 4 aromatic rings. The summed E-state index contributed by atoms with van der Waals surface area (Å²) in [5.74, 6) is 1.48. The van der Waals surface area contributed by atoms with E-state index < -0.39 is 11.5 Å². The Morgan fingerprint density at radius 3 is 2.63 bits per heavy atom. The molecule has 0 spiro atoms. The van der Waals surface area contributed by atoms with Gasteiger partial charge in [0, 0.05) is 35.2 Å². The van der Waals surface area contributed by atoms with Gasteiger partial charge in [0.1, 0.15) is 34.6 Å². The van der Waals surface area contributed by atoms with Crippen molar-refractivity contribution in [2.24, 2.45) is 0 Å². The molecule has 0 fully saturated rings. The molecule has 5 rings (SSSR count). The number of aryl methyl sites for hydroxylation is 1. The molecular weight excluding hydrogens is 484 g/mol. The van der Waals surface area contributed by atoms with Gasteiger partial charge in [0.15, 0.2) is 0 Å². The van der Waals surface area contributed by atoms with Crippen LogP contribution in [0.15, 0.2) is 82.0 Å². The van der Waals surface area contributed by atoms with Gasteiger partial charge in [-0.2, -0.15) is 0 Å². The monoisotopic (exact) mass is 512 g/mol. The highest BCUT2D eigenvalue weighted by Gasteiger charge is 2.18. The molecule has 1 unspecified atom stereocenters. The maximum Gasteiger partial charge on any atom is 0.360 e. The second-order valence-corrected chi connectivity index (χ2v) is 8.90. The molecule has 1 atom stereocenters. The quantitative estimate of drug-likeness (QED) is 0.267. The van der Waals surface area contributed by atoms with Crippen LogP contribution in [0.5, 0.6) is 17.2 Å². The van der Waals surface area contributed by atoms with Crippen molar-refractivity contribution in [1.82, 2.24) is 5.32 Å². The predicted octanol–water partition coefficient (Wildman–Crippen LogP) is 4.94. The van der Waals surface area contributed by atoms with Gasteiger partial charge in [0.2, 0.25) is 0 Å². The van der Waals surface area contributed by atoms with Crippen LogP contribution in [0, 0.1) is 6.92 Å². The number of methoxy groups -OCH3 is 2. The number of benzene rings is 3. The van der Waals surface area contributed by atoms with E-state index in [2.05, 4.69) is 10.6 Å². The topological polar surface area (TPSA) is 99.0 Å². The number of carbonyl (C=O) groups excluding carboxylic acids is 1. The van der Waals surface area contributed by atoms with Gasteiger partial charge in [-0.25, -0.2) is 4.79 Å². The Bertz CT molecular complexity index is 1590. The summed E-state index contributed by atoms with van der Waals surface area (Å²) in [6.45, 7) is 3.36. The summed E-state index contributed by atoms with van der Waals surface area (Å²) < 4.78 is 22.5. The fraction of sp³-hybridized carbons (Fsp3) is 0.200. The van der Waals surface area contributed by atoms with Crippen LogP contribution >= 0.6 is 0 Å². The lowest BCUT2D eigenvalue weighted by atomic mass is 10.0. The Morgan fingerprint density at radius 2 is 1.87 bits per heavy atom. The maximum absolute atomic E-state index is 13.2. The number of fused-ring (bicyclic) bond motifs is 1. The molecule has 2 heterocycles. The smallest absolute Gasteiger partial charge is 0.360 e. The number of rotatable bonds is 7. The molecule has 0 saturated carbocycles. The number of carbonyl (C=O) groups is 1. The molecule has 0 saturated heterocycles. The third-order valence-corrected chi connectivity index (χ3v) is 6.43. The second-order valence-electron chi connectivity index (χ2n) is 8.90. The van der Waals surface area contributed by atoms with Crippen molar-refractivity contribution in [3.8, 4) is 28.4 Å². The van der Waals surface area contributed by atoms with Crippen molar-refractivity contribution in [3.63, 3.8) is 0 Å². The molecule has 2 N–H and O–H groups in total. The number of nitrogens with one attached hydrogen (secondary N) is 2. The van der Waals surface area contributed by atoms with Gasteiger partial charge >= 0.3 is 5.63 Å². The van der Waals surface area contributed by atoms with Gasteiger partial charge in [-0.05, 0) is 67.1 Å². The van der Waals surface area contributed by atoms with E-state index in [-0.39, 0.29) is 11.8 Å². The Kier molecular flexibility index (Phi) is 7.15. The summed E-state index contributed by atoms with van der Waals surface area (Å²) in [6.07, 6.45) is 3.92. The first-order valence-electron chi connectivity index (χ1n) is 12.2. The number of hydrogen-bond acceptors (Lipinski definition) is 7. The molecule has 194 valence electrons. The summed E-state index contributed by atoms with van der Waals surface area (Å²) in [7, 11) is 3.16. The average molecular weight is 513 g/mol. The summed E-state index contributed by atoms with van der Waals surface area (Å²) in [6, 6.07) is 17.8. The van der Waals surface area contributed by atoms with Crippen molar-refractivity contribution in [3.05, 3.63) is 94.4 Å². The van der Waals surface area contributed by atoms with E-state index in [1.165, 1.54) is 0 Å². The number of ether oxygens (including phenoxy) is 3. The number of amides is 1. The molecule has 38 heavy (non-hydrogen) atoms. The van der Waals surface area contributed by atoms with Crippen LogP contribution in [0.3, 0.4) is 0 Å². The Hall–Kier alpha value is -4.56. The highest BCUT2D eigenvalue weighted by molar-refractivity contribution is 6.05. The SMILES string of the molecule is COc1cccc(-c2cc(C(=O)Nc3cc4ccc(OC5C=CCNC5)c(C)c4oc3=O)ccc2OC)c1. The third-order valence-electron chi connectivity index (χ3n) is 6.43. The highest BCUT2D eigenvalue weighted by atomic mass is 16.5. The van der Waals surface area contributed by atoms with Gasteiger partial charge in [-0.3, -0.25) is 4.79 Å². The second kappa shape index (κ2) is 10.8. The van der Waals surface area contributed by atoms with Gasteiger partial charge in [-0.1, -0.05) is 18.2 Å². The van der Waals surface area contributed by atoms with Crippen molar-refractivity contribution in [2.45, 2.75) is 13.0 Å². The van der Waals surface area contributed by atoms with E-state index in [1.807, 2.05) is 55.5 Å². The number of hydrogen-bond donors (Lipinski definition) is 2. The highest BCUT2D eigenvalue weighted by Crippen LogP contribution is 2.33. The Balaban J connectivity index is 1.42. The van der Waals surface area contributed by atoms with Crippen molar-refractivity contribution in [1.29, 1.82) is 0 Å². The third kappa shape index (κ3) is 5.12. The van der Waals surface area contributed by atoms with E-state index >= 15 is 0 Å². The summed E-state index contributed by atoms with van der Waals surface area (Å²) in [4.78, 5) is 26.0. The van der Waals surface area contributed by atoms with E-state index in [0.717, 1.165) is 23.2 Å². The van der Waals surface area contributed by atoms with E-state index in [0.29, 0.717) is 40.3 Å². The molecule has 1 aromatic heterocycles. The molecule has 0 radical (unpaired) electrons. The molecule has 3 aromatic carbocycles. The average Bonchev–Trinajstić information content (AvgIpc) is 2.95. The first-order chi connectivity index (χ1) is 18.5. The molecule has 1 aliphatic rings. The molecule has 0 bridgehead atoms. The normalized spacial score (nSPS) is 14.8. The van der Waals surface area contributed by atoms with Crippen molar-refractivity contribution >= 4 is 22.6 Å². The lowest BCUT2D eigenvalue weighted by Gasteiger charge is -2.20. The zero-order valence-corrected chi connectivity index (χ0v) is 21.4. The van der Waals surface area contributed by atoms with Gasteiger partial charge < -0.3 is 29.3 Å². The molecule has 0 aliphatic carbocycles. The van der Waals surface area contributed by atoms with E-state index in [1.54, 1.807) is 38.5 Å². The minimum atomic E-state index is -0.646. The van der Waals surface area contributed by atoms with E-state index in [4.69, 9.17) is 18.6 Å².